The maximum Gasteiger partial charge on any atom is 0.317 e. The van der Waals surface area contributed by atoms with Gasteiger partial charge in [0.2, 0.25) is 0 Å². The Morgan fingerprint density at radius 3 is 2.69 bits per heavy atom. The molecule has 8 nitrogen and oxygen atoms in total. The second-order valence-corrected chi connectivity index (χ2v) is 8.86. The van der Waals surface area contributed by atoms with E-state index < -0.39 is 29.7 Å². The lowest BCUT2D eigenvalue weighted by atomic mass is 9.84. The van der Waals surface area contributed by atoms with Crippen LogP contribution in [0.25, 0.3) is 11.3 Å². The standard InChI is InChI=1S/C23H27F4N5O3/c1-35-19-9-15(24)14(8-16(19)25)17-7-13(11-31-6-4-29-22(31)34)18(10-30-17)32-5-2-3-23(28,12-32)20(33)21(26)27/h7-10,20-21,33H,2-6,11-12,28H2,1H3,(H,29,34)/t20-,23-/m1/s1. The Balaban J connectivity index is 1.73. The zero-order valence-corrected chi connectivity index (χ0v) is 19.1. The largest absolute Gasteiger partial charge is 0.494 e. The average molecular weight is 497 g/mol. The smallest absolute Gasteiger partial charge is 0.317 e. The molecule has 2 aliphatic rings. The van der Waals surface area contributed by atoms with Gasteiger partial charge in [-0.2, -0.15) is 0 Å². The van der Waals surface area contributed by atoms with Gasteiger partial charge in [0, 0.05) is 44.4 Å². The van der Waals surface area contributed by atoms with E-state index in [1.54, 1.807) is 15.9 Å². The summed E-state index contributed by atoms with van der Waals surface area (Å²) in [6.45, 7) is 1.42. The summed E-state index contributed by atoms with van der Waals surface area (Å²) in [4.78, 5) is 19.8. The van der Waals surface area contributed by atoms with E-state index in [1.807, 2.05) is 0 Å². The highest BCUT2D eigenvalue weighted by Crippen LogP contribution is 2.34. The van der Waals surface area contributed by atoms with Crippen molar-refractivity contribution in [3.05, 3.63) is 41.6 Å². The normalized spacial score (nSPS) is 21.4. The summed E-state index contributed by atoms with van der Waals surface area (Å²) in [7, 11) is 1.23. The lowest BCUT2D eigenvalue weighted by molar-refractivity contribution is -0.0529. The van der Waals surface area contributed by atoms with Gasteiger partial charge in [-0.15, -0.1) is 0 Å². The molecule has 1 aromatic carbocycles. The number of benzene rings is 1. The number of aromatic nitrogens is 1. The van der Waals surface area contributed by atoms with Crippen LogP contribution in [0.1, 0.15) is 18.4 Å². The lowest BCUT2D eigenvalue weighted by Gasteiger charge is -2.44. The number of carbonyl (C=O) groups excluding carboxylic acids is 1. The maximum atomic E-state index is 14.7. The third-order valence-electron chi connectivity index (χ3n) is 6.51. The van der Waals surface area contributed by atoms with Gasteiger partial charge in [-0.05, 0) is 30.5 Å². The summed E-state index contributed by atoms with van der Waals surface area (Å²) in [6.07, 6.45) is -2.92. The number of piperidine rings is 1. The molecule has 190 valence electrons. The van der Waals surface area contributed by atoms with Gasteiger partial charge in [0.1, 0.15) is 11.9 Å². The number of hydrogen-bond donors (Lipinski definition) is 3. The first-order valence-electron chi connectivity index (χ1n) is 11.2. The van der Waals surface area contributed by atoms with Crippen LogP contribution in [0.4, 0.5) is 28.0 Å². The van der Waals surface area contributed by atoms with Crippen molar-refractivity contribution in [2.75, 3.05) is 38.2 Å². The number of alkyl halides is 2. The highest BCUT2D eigenvalue weighted by Gasteiger charge is 2.43. The van der Waals surface area contributed by atoms with E-state index in [1.165, 1.54) is 13.3 Å². The Bertz CT molecular complexity index is 1110. The van der Waals surface area contributed by atoms with Crippen LogP contribution in [0.3, 0.4) is 0 Å². The number of methoxy groups -OCH3 is 1. The third-order valence-corrected chi connectivity index (χ3v) is 6.51. The second kappa shape index (κ2) is 9.86. The van der Waals surface area contributed by atoms with Crippen molar-refractivity contribution in [2.24, 2.45) is 5.73 Å². The molecule has 12 heteroatoms. The number of anilines is 1. The average Bonchev–Trinajstić information content (AvgIpc) is 3.23. The molecule has 2 amide bonds. The van der Waals surface area contributed by atoms with Crippen molar-refractivity contribution in [1.82, 2.24) is 15.2 Å². The predicted octanol–water partition coefficient (Wildman–Crippen LogP) is 2.48. The zero-order chi connectivity index (χ0) is 25.3. The van der Waals surface area contributed by atoms with Crippen LogP contribution in [0.15, 0.2) is 24.4 Å². The molecule has 0 spiro atoms. The number of carbonyl (C=O) groups is 1. The van der Waals surface area contributed by atoms with Crippen molar-refractivity contribution in [3.8, 4) is 17.0 Å². The number of rotatable bonds is 7. The molecule has 0 saturated carbocycles. The van der Waals surface area contributed by atoms with Gasteiger partial charge in [-0.3, -0.25) is 4.98 Å². The molecule has 0 radical (unpaired) electrons. The number of halogens is 4. The minimum absolute atomic E-state index is 0.0652. The highest BCUT2D eigenvalue weighted by atomic mass is 19.3. The Morgan fingerprint density at radius 2 is 2.03 bits per heavy atom. The number of ether oxygens (including phenoxy) is 1. The van der Waals surface area contributed by atoms with Gasteiger partial charge in [0.05, 0.1) is 30.2 Å². The second-order valence-electron chi connectivity index (χ2n) is 8.86. The van der Waals surface area contributed by atoms with Crippen LogP contribution in [0, 0.1) is 11.6 Å². The Labute approximate surface area is 199 Å². The van der Waals surface area contributed by atoms with Crippen LogP contribution >= 0.6 is 0 Å². The molecule has 4 rings (SSSR count). The summed E-state index contributed by atoms with van der Waals surface area (Å²) < 4.78 is 60.4. The van der Waals surface area contributed by atoms with E-state index in [0.717, 1.165) is 12.1 Å². The lowest BCUT2D eigenvalue weighted by Crippen LogP contribution is -2.63. The molecule has 0 unspecified atom stereocenters. The van der Waals surface area contributed by atoms with Gasteiger partial charge in [0.25, 0.3) is 6.43 Å². The maximum absolute atomic E-state index is 14.7. The number of aliphatic hydroxyl groups excluding tert-OH is 1. The molecular formula is C23H27F4N5O3. The quantitative estimate of drug-likeness (QED) is 0.508. The minimum Gasteiger partial charge on any atom is -0.494 e. The number of nitrogens with one attached hydrogen (secondary N) is 1. The van der Waals surface area contributed by atoms with E-state index in [0.29, 0.717) is 37.3 Å². The Morgan fingerprint density at radius 1 is 1.26 bits per heavy atom. The van der Waals surface area contributed by atoms with Crippen molar-refractivity contribution in [3.63, 3.8) is 0 Å². The van der Waals surface area contributed by atoms with Crippen LogP contribution < -0.4 is 20.7 Å². The predicted molar refractivity (Wildman–Crippen MR) is 120 cm³/mol. The summed E-state index contributed by atoms with van der Waals surface area (Å²) in [5.74, 6) is -1.76. The van der Waals surface area contributed by atoms with Gasteiger partial charge in [0.15, 0.2) is 11.6 Å². The Kier molecular flexibility index (Phi) is 7.04. The summed E-state index contributed by atoms with van der Waals surface area (Å²) in [6, 6.07) is 3.16. The van der Waals surface area contributed by atoms with Crippen LogP contribution in [0.2, 0.25) is 0 Å². The summed E-state index contributed by atoms with van der Waals surface area (Å²) >= 11 is 0. The van der Waals surface area contributed by atoms with E-state index in [-0.39, 0.29) is 42.5 Å². The molecule has 35 heavy (non-hydrogen) atoms. The van der Waals surface area contributed by atoms with Gasteiger partial charge < -0.3 is 30.7 Å². The molecule has 1 aromatic heterocycles. The number of amides is 2. The monoisotopic (exact) mass is 497 g/mol. The molecule has 0 aliphatic carbocycles. The SMILES string of the molecule is COc1cc(F)c(-c2cc(CN3CCNC3=O)c(N3CCC[C@](N)([C@H](O)C(F)F)C3)cn2)cc1F. The number of nitrogens with two attached hydrogens (primary N) is 1. The number of urea groups is 1. The van der Waals surface area contributed by atoms with Crippen molar-refractivity contribution in [2.45, 2.75) is 37.5 Å². The first-order chi connectivity index (χ1) is 16.6. The molecular weight excluding hydrogens is 470 g/mol. The molecule has 2 aliphatic heterocycles. The fourth-order valence-electron chi connectivity index (χ4n) is 4.61. The molecule has 2 aromatic rings. The third kappa shape index (κ3) is 4.98. The van der Waals surface area contributed by atoms with E-state index in [2.05, 4.69) is 10.3 Å². The summed E-state index contributed by atoms with van der Waals surface area (Å²) in [5.41, 5.74) is 5.74. The van der Waals surface area contributed by atoms with E-state index >= 15 is 0 Å². The van der Waals surface area contributed by atoms with Gasteiger partial charge >= 0.3 is 6.03 Å². The molecule has 2 fully saturated rings. The Hall–Kier alpha value is -3.12. The molecule has 2 atom stereocenters. The minimum atomic E-state index is -3.00. The topological polar surface area (TPSA) is 104 Å². The van der Waals surface area contributed by atoms with Crippen LogP contribution in [-0.4, -0.2) is 72.4 Å². The molecule has 3 heterocycles. The number of pyridine rings is 1. The first-order valence-corrected chi connectivity index (χ1v) is 11.2. The van der Waals surface area contributed by atoms with Gasteiger partial charge in [-0.25, -0.2) is 22.4 Å². The summed E-state index contributed by atoms with van der Waals surface area (Å²) in [5, 5.41) is 12.7. The van der Waals surface area contributed by atoms with Crippen LogP contribution in [0.5, 0.6) is 5.75 Å². The van der Waals surface area contributed by atoms with Crippen molar-refractivity contribution >= 4 is 11.7 Å². The number of hydrogen-bond acceptors (Lipinski definition) is 6. The molecule has 0 bridgehead atoms. The van der Waals surface area contributed by atoms with E-state index in [4.69, 9.17) is 10.5 Å². The molecule has 4 N–H and O–H groups in total. The van der Waals surface area contributed by atoms with Crippen LogP contribution in [-0.2, 0) is 6.54 Å². The number of nitrogens with zero attached hydrogens (tertiary/aromatic N) is 3. The van der Waals surface area contributed by atoms with Crippen molar-refractivity contribution in [1.29, 1.82) is 0 Å². The van der Waals surface area contributed by atoms with E-state index in [9.17, 15) is 27.5 Å². The fourth-order valence-corrected chi connectivity index (χ4v) is 4.61. The number of aliphatic hydroxyl groups is 1. The molecule has 2 saturated heterocycles. The highest BCUT2D eigenvalue weighted by molar-refractivity contribution is 5.76. The fraction of sp³-hybridized carbons (Fsp3) is 0.478. The first kappa shape index (κ1) is 25.0. The van der Waals surface area contributed by atoms with Crippen molar-refractivity contribution < 1.29 is 32.2 Å². The van der Waals surface area contributed by atoms with Gasteiger partial charge in [-0.1, -0.05) is 0 Å². The zero-order valence-electron chi connectivity index (χ0n) is 19.1.